The highest BCUT2D eigenvalue weighted by atomic mass is 35.5. The number of likely N-dealkylation sites (N-methyl/N-ethyl adjacent to an activating group) is 1. The molecule has 1 aromatic carbocycles. The number of nitrogens with zero attached hydrogens (tertiary/aromatic N) is 1. The van der Waals surface area contributed by atoms with Crippen LogP contribution in [0.25, 0.3) is 0 Å². The summed E-state index contributed by atoms with van der Waals surface area (Å²) in [4.78, 5) is 3.61. The zero-order valence-electron chi connectivity index (χ0n) is 12.4. The van der Waals surface area contributed by atoms with Crippen molar-refractivity contribution >= 4 is 34.5 Å². The summed E-state index contributed by atoms with van der Waals surface area (Å²) in [6, 6.07) is 10.7. The number of halogens is 2. The molecule has 21 heavy (non-hydrogen) atoms. The van der Waals surface area contributed by atoms with Gasteiger partial charge in [0.25, 0.3) is 0 Å². The first-order valence-corrected chi connectivity index (χ1v) is 8.50. The third-order valence-corrected chi connectivity index (χ3v) is 5.27. The van der Waals surface area contributed by atoms with Crippen LogP contribution in [0.5, 0.6) is 0 Å². The van der Waals surface area contributed by atoms with Crippen LogP contribution in [-0.4, -0.2) is 25.5 Å². The lowest BCUT2D eigenvalue weighted by molar-refractivity contribution is 0.285. The lowest BCUT2D eigenvalue weighted by Crippen LogP contribution is -2.32. The molecule has 2 rings (SSSR count). The summed E-state index contributed by atoms with van der Waals surface area (Å²) in [7, 11) is 4.21. The Morgan fingerprint density at radius 1 is 1.19 bits per heavy atom. The fourth-order valence-corrected chi connectivity index (χ4v) is 3.44. The highest BCUT2D eigenvalue weighted by molar-refractivity contribution is 7.10. The molecule has 2 unspecified atom stereocenters. The largest absolute Gasteiger partial charge is 0.308 e. The van der Waals surface area contributed by atoms with Crippen LogP contribution in [0.1, 0.15) is 29.4 Å². The molecule has 1 aromatic heterocycles. The van der Waals surface area contributed by atoms with E-state index in [0.29, 0.717) is 16.1 Å². The molecule has 2 aromatic rings. The second-order valence-corrected chi connectivity index (χ2v) is 7.09. The Morgan fingerprint density at radius 3 is 2.52 bits per heavy atom. The second-order valence-electron chi connectivity index (χ2n) is 5.30. The molecule has 2 nitrogen and oxygen atoms in total. The summed E-state index contributed by atoms with van der Waals surface area (Å²) in [6.45, 7) is 3.02. The SMILES string of the molecule is CC(NCC(c1cccs1)N(C)C)c1ccc(Cl)c(Cl)c1. The number of benzene rings is 1. The van der Waals surface area contributed by atoms with Gasteiger partial charge in [-0.15, -0.1) is 11.3 Å². The number of nitrogens with one attached hydrogen (secondary N) is 1. The van der Waals surface area contributed by atoms with Crippen molar-refractivity contribution in [2.45, 2.75) is 19.0 Å². The molecule has 0 saturated heterocycles. The average molecular weight is 343 g/mol. The predicted molar refractivity (Wildman–Crippen MR) is 93.6 cm³/mol. The quantitative estimate of drug-likeness (QED) is 0.793. The van der Waals surface area contributed by atoms with Crippen molar-refractivity contribution in [2.75, 3.05) is 20.6 Å². The highest BCUT2D eigenvalue weighted by Crippen LogP contribution is 2.27. The van der Waals surface area contributed by atoms with E-state index < -0.39 is 0 Å². The molecule has 0 spiro atoms. The van der Waals surface area contributed by atoms with Crippen molar-refractivity contribution in [1.82, 2.24) is 10.2 Å². The van der Waals surface area contributed by atoms with Gasteiger partial charge in [0, 0.05) is 17.5 Å². The monoisotopic (exact) mass is 342 g/mol. The van der Waals surface area contributed by atoms with Crippen LogP contribution in [0.2, 0.25) is 10.0 Å². The molecule has 2 atom stereocenters. The first-order chi connectivity index (χ1) is 9.99. The van der Waals surface area contributed by atoms with Gasteiger partial charge in [0.15, 0.2) is 0 Å². The van der Waals surface area contributed by atoms with Crippen LogP contribution in [-0.2, 0) is 0 Å². The lowest BCUT2D eigenvalue weighted by atomic mass is 10.1. The van der Waals surface area contributed by atoms with Gasteiger partial charge in [0.05, 0.1) is 16.1 Å². The van der Waals surface area contributed by atoms with E-state index >= 15 is 0 Å². The number of rotatable bonds is 6. The minimum absolute atomic E-state index is 0.224. The summed E-state index contributed by atoms with van der Waals surface area (Å²) in [5, 5.41) is 6.89. The van der Waals surface area contributed by atoms with E-state index in [1.54, 1.807) is 11.3 Å². The first kappa shape index (κ1) is 16.8. The molecule has 0 amide bonds. The molecule has 0 aliphatic carbocycles. The zero-order valence-corrected chi connectivity index (χ0v) is 14.8. The maximum absolute atomic E-state index is 6.09. The average Bonchev–Trinajstić information content (AvgIpc) is 2.95. The van der Waals surface area contributed by atoms with Gasteiger partial charge in [-0.3, -0.25) is 0 Å². The molecule has 5 heteroatoms. The van der Waals surface area contributed by atoms with Crippen LogP contribution >= 0.6 is 34.5 Å². The van der Waals surface area contributed by atoms with Gasteiger partial charge in [-0.25, -0.2) is 0 Å². The van der Waals surface area contributed by atoms with Gasteiger partial charge in [-0.1, -0.05) is 35.3 Å². The standard InChI is InChI=1S/C16H20Cl2N2S/c1-11(12-6-7-13(17)14(18)9-12)19-10-15(20(2)3)16-5-4-8-21-16/h4-9,11,15,19H,10H2,1-3H3. The van der Waals surface area contributed by atoms with Crippen molar-refractivity contribution in [1.29, 1.82) is 0 Å². The fraction of sp³-hybridized carbons (Fsp3) is 0.375. The summed E-state index contributed by atoms with van der Waals surface area (Å²) in [6.07, 6.45) is 0. The molecule has 0 bridgehead atoms. The Hall–Kier alpha value is -0.580. The summed E-state index contributed by atoms with van der Waals surface area (Å²) < 4.78 is 0. The molecule has 0 aliphatic heterocycles. The van der Waals surface area contributed by atoms with E-state index in [1.807, 2.05) is 18.2 Å². The van der Waals surface area contributed by atoms with Crippen LogP contribution < -0.4 is 5.32 Å². The van der Waals surface area contributed by atoms with Crippen molar-refractivity contribution in [3.05, 3.63) is 56.2 Å². The Bertz CT molecular complexity index is 570. The number of hydrogen-bond donors (Lipinski definition) is 1. The Kier molecular flexibility index (Phi) is 6.08. The zero-order chi connectivity index (χ0) is 15.4. The Labute approximate surface area is 140 Å². The molecule has 1 heterocycles. The lowest BCUT2D eigenvalue weighted by Gasteiger charge is -2.26. The van der Waals surface area contributed by atoms with Gasteiger partial charge >= 0.3 is 0 Å². The van der Waals surface area contributed by atoms with E-state index in [2.05, 4.69) is 48.7 Å². The van der Waals surface area contributed by atoms with Gasteiger partial charge in [-0.2, -0.15) is 0 Å². The van der Waals surface area contributed by atoms with E-state index in [4.69, 9.17) is 23.2 Å². The maximum atomic E-state index is 6.09. The van der Waals surface area contributed by atoms with Crippen LogP contribution in [0.4, 0.5) is 0 Å². The molecule has 0 fully saturated rings. The van der Waals surface area contributed by atoms with E-state index in [9.17, 15) is 0 Å². The van der Waals surface area contributed by atoms with E-state index in [-0.39, 0.29) is 6.04 Å². The summed E-state index contributed by atoms with van der Waals surface area (Å²) >= 11 is 13.8. The van der Waals surface area contributed by atoms with Gasteiger partial charge in [-0.05, 0) is 50.2 Å². The normalized spacial score (nSPS) is 14.4. The molecule has 114 valence electrons. The molecular formula is C16H20Cl2N2S. The molecule has 0 radical (unpaired) electrons. The van der Waals surface area contributed by atoms with Crippen molar-refractivity contribution < 1.29 is 0 Å². The van der Waals surface area contributed by atoms with Gasteiger partial charge in [0.2, 0.25) is 0 Å². The van der Waals surface area contributed by atoms with Crippen LogP contribution in [0.15, 0.2) is 35.7 Å². The van der Waals surface area contributed by atoms with Crippen molar-refractivity contribution in [3.8, 4) is 0 Å². The minimum Gasteiger partial charge on any atom is -0.308 e. The van der Waals surface area contributed by atoms with Crippen LogP contribution in [0.3, 0.4) is 0 Å². The molecular weight excluding hydrogens is 323 g/mol. The predicted octanol–water partition coefficient (Wildman–Crippen LogP) is 5.01. The third-order valence-electron chi connectivity index (χ3n) is 3.56. The molecule has 0 aliphatic rings. The smallest absolute Gasteiger partial charge is 0.0595 e. The maximum Gasteiger partial charge on any atom is 0.0595 e. The van der Waals surface area contributed by atoms with Gasteiger partial charge < -0.3 is 10.2 Å². The highest BCUT2D eigenvalue weighted by Gasteiger charge is 2.16. The number of hydrogen-bond acceptors (Lipinski definition) is 3. The molecule has 0 saturated carbocycles. The molecule has 1 N–H and O–H groups in total. The van der Waals surface area contributed by atoms with Gasteiger partial charge in [0.1, 0.15) is 0 Å². The fourth-order valence-electron chi connectivity index (χ4n) is 2.21. The van der Waals surface area contributed by atoms with Crippen molar-refractivity contribution in [3.63, 3.8) is 0 Å². The Balaban J connectivity index is 2.01. The van der Waals surface area contributed by atoms with Crippen molar-refractivity contribution in [2.24, 2.45) is 0 Å². The second kappa shape index (κ2) is 7.61. The summed E-state index contributed by atoms with van der Waals surface area (Å²) in [5.74, 6) is 0. The third kappa shape index (κ3) is 4.44. The summed E-state index contributed by atoms with van der Waals surface area (Å²) in [5.41, 5.74) is 1.15. The minimum atomic E-state index is 0.224. The topological polar surface area (TPSA) is 15.3 Å². The van der Waals surface area contributed by atoms with E-state index in [1.165, 1.54) is 4.88 Å². The first-order valence-electron chi connectivity index (χ1n) is 6.87. The van der Waals surface area contributed by atoms with Crippen LogP contribution in [0, 0.1) is 0 Å². The number of thiophene rings is 1. The Morgan fingerprint density at radius 2 is 1.95 bits per heavy atom. The van der Waals surface area contributed by atoms with E-state index in [0.717, 1.165) is 12.1 Å².